The Morgan fingerprint density at radius 1 is 1.00 bits per heavy atom. The maximum absolute atomic E-state index is 12.1. The topological polar surface area (TPSA) is 55.1 Å². The van der Waals surface area contributed by atoms with E-state index in [0.29, 0.717) is 24.6 Å². The van der Waals surface area contributed by atoms with Crippen LogP contribution in [-0.4, -0.2) is 19.0 Å². The minimum atomic E-state index is -0.0238. The highest BCUT2D eigenvalue weighted by molar-refractivity contribution is 5.94. The van der Waals surface area contributed by atoms with Gasteiger partial charge in [0.05, 0.1) is 0 Å². The summed E-state index contributed by atoms with van der Waals surface area (Å²) in [5.41, 5.74) is 7.56. The molecule has 0 spiro atoms. The number of hydrogen-bond acceptors (Lipinski definition) is 2. The lowest BCUT2D eigenvalue weighted by atomic mass is 9.94. The average Bonchev–Trinajstić information content (AvgIpc) is 2.56. The average molecular weight is 282 g/mol. The van der Waals surface area contributed by atoms with Crippen molar-refractivity contribution in [2.75, 3.05) is 13.1 Å². The molecule has 110 valence electrons. The molecule has 0 radical (unpaired) electrons. The van der Waals surface area contributed by atoms with Crippen molar-refractivity contribution in [1.29, 1.82) is 0 Å². The van der Waals surface area contributed by atoms with Gasteiger partial charge in [-0.2, -0.15) is 0 Å². The second-order valence-corrected chi connectivity index (χ2v) is 5.11. The van der Waals surface area contributed by atoms with Crippen LogP contribution in [0.5, 0.6) is 0 Å². The Hall–Kier alpha value is -2.13. The number of carbonyl (C=O) groups excluding carboxylic acids is 1. The summed E-state index contributed by atoms with van der Waals surface area (Å²) in [7, 11) is 0. The highest BCUT2D eigenvalue weighted by Gasteiger charge is 2.13. The number of benzene rings is 2. The first-order valence-corrected chi connectivity index (χ1v) is 7.39. The number of nitrogens with two attached hydrogens (primary N) is 1. The molecule has 3 nitrogen and oxygen atoms in total. The Bertz CT molecular complexity index is 540. The predicted molar refractivity (Wildman–Crippen MR) is 86.2 cm³/mol. The fourth-order valence-corrected chi connectivity index (χ4v) is 2.38. The second kappa shape index (κ2) is 8.22. The summed E-state index contributed by atoms with van der Waals surface area (Å²) in [6.07, 6.45) is 1.94. The van der Waals surface area contributed by atoms with Crippen LogP contribution < -0.4 is 11.1 Å². The van der Waals surface area contributed by atoms with Gasteiger partial charge in [0.25, 0.3) is 5.91 Å². The molecule has 2 aromatic carbocycles. The van der Waals surface area contributed by atoms with Gasteiger partial charge in [-0.25, -0.2) is 0 Å². The van der Waals surface area contributed by atoms with E-state index in [2.05, 4.69) is 17.4 Å². The van der Waals surface area contributed by atoms with E-state index in [1.165, 1.54) is 5.56 Å². The molecule has 1 amide bonds. The SMILES string of the molecule is NCCCC(CNC(=O)c1ccccc1)c1ccccc1. The van der Waals surface area contributed by atoms with Gasteiger partial charge in [0.15, 0.2) is 0 Å². The smallest absolute Gasteiger partial charge is 0.251 e. The molecule has 0 aliphatic carbocycles. The number of nitrogens with one attached hydrogen (secondary N) is 1. The summed E-state index contributed by atoms with van der Waals surface area (Å²) in [6.45, 7) is 1.31. The largest absolute Gasteiger partial charge is 0.351 e. The Morgan fingerprint density at radius 3 is 2.24 bits per heavy atom. The molecule has 0 fully saturated rings. The molecular weight excluding hydrogens is 260 g/mol. The van der Waals surface area contributed by atoms with E-state index in [1.54, 1.807) is 0 Å². The van der Waals surface area contributed by atoms with Crippen molar-refractivity contribution in [1.82, 2.24) is 5.32 Å². The van der Waals surface area contributed by atoms with Crippen molar-refractivity contribution in [2.45, 2.75) is 18.8 Å². The van der Waals surface area contributed by atoms with Crippen LogP contribution in [0.25, 0.3) is 0 Å². The van der Waals surface area contributed by atoms with E-state index >= 15 is 0 Å². The zero-order valence-electron chi connectivity index (χ0n) is 12.2. The van der Waals surface area contributed by atoms with Crippen LogP contribution in [0, 0.1) is 0 Å². The molecule has 21 heavy (non-hydrogen) atoms. The predicted octanol–water partition coefficient (Wildman–Crippen LogP) is 2.94. The first kappa shape index (κ1) is 15.3. The monoisotopic (exact) mass is 282 g/mol. The number of rotatable bonds is 7. The summed E-state index contributed by atoms with van der Waals surface area (Å²) in [5.74, 6) is 0.284. The summed E-state index contributed by atoms with van der Waals surface area (Å²) in [6, 6.07) is 19.6. The highest BCUT2D eigenvalue weighted by atomic mass is 16.1. The van der Waals surface area contributed by atoms with Crippen molar-refractivity contribution in [3.63, 3.8) is 0 Å². The summed E-state index contributed by atoms with van der Waals surface area (Å²) in [5, 5.41) is 3.03. The number of amides is 1. The fraction of sp³-hybridized carbons (Fsp3) is 0.278. The number of hydrogen-bond donors (Lipinski definition) is 2. The van der Waals surface area contributed by atoms with Crippen LogP contribution in [0.3, 0.4) is 0 Å². The molecule has 0 aliphatic rings. The number of carbonyl (C=O) groups is 1. The van der Waals surface area contributed by atoms with Gasteiger partial charge in [-0.15, -0.1) is 0 Å². The van der Waals surface area contributed by atoms with Crippen LogP contribution in [0.15, 0.2) is 60.7 Å². The van der Waals surface area contributed by atoms with E-state index in [1.807, 2.05) is 48.5 Å². The Morgan fingerprint density at radius 2 is 1.62 bits per heavy atom. The zero-order chi connectivity index (χ0) is 14.9. The molecule has 2 rings (SSSR count). The maximum atomic E-state index is 12.1. The first-order valence-electron chi connectivity index (χ1n) is 7.39. The van der Waals surface area contributed by atoms with Gasteiger partial charge in [0.2, 0.25) is 0 Å². The molecule has 3 heteroatoms. The van der Waals surface area contributed by atoms with Crippen LogP contribution in [-0.2, 0) is 0 Å². The normalized spacial score (nSPS) is 11.9. The standard InChI is InChI=1S/C18H22N2O/c19-13-7-12-17(15-8-3-1-4-9-15)14-20-18(21)16-10-5-2-6-11-16/h1-6,8-11,17H,7,12-14,19H2,(H,20,21). The lowest BCUT2D eigenvalue weighted by Crippen LogP contribution is -2.28. The second-order valence-electron chi connectivity index (χ2n) is 5.11. The molecular formula is C18H22N2O. The Labute approximate surface area is 126 Å². The third kappa shape index (κ3) is 4.72. The lowest BCUT2D eigenvalue weighted by Gasteiger charge is -2.18. The van der Waals surface area contributed by atoms with Gasteiger partial charge >= 0.3 is 0 Å². The van der Waals surface area contributed by atoms with Gasteiger partial charge in [0, 0.05) is 18.0 Å². The van der Waals surface area contributed by atoms with Crippen molar-refractivity contribution in [2.24, 2.45) is 5.73 Å². The first-order chi connectivity index (χ1) is 10.3. The minimum absolute atomic E-state index is 0.0238. The molecule has 3 N–H and O–H groups in total. The van der Waals surface area contributed by atoms with E-state index in [-0.39, 0.29) is 5.91 Å². The van der Waals surface area contributed by atoms with E-state index < -0.39 is 0 Å². The lowest BCUT2D eigenvalue weighted by molar-refractivity contribution is 0.0950. The van der Waals surface area contributed by atoms with Crippen molar-refractivity contribution < 1.29 is 4.79 Å². The third-order valence-electron chi connectivity index (χ3n) is 3.57. The summed E-state index contributed by atoms with van der Waals surface area (Å²) < 4.78 is 0. The van der Waals surface area contributed by atoms with Crippen LogP contribution in [0.2, 0.25) is 0 Å². The molecule has 0 aromatic heterocycles. The van der Waals surface area contributed by atoms with Crippen LogP contribution in [0.1, 0.15) is 34.7 Å². The molecule has 2 aromatic rings. The zero-order valence-corrected chi connectivity index (χ0v) is 12.2. The molecule has 1 atom stereocenters. The van der Waals surface area contributed by atoms with Crippen LogP contribution >= 0.6 is 0 Å². The van der Waals surface area contributed by atoms with Gasteiger partial charge < -0.3 is 11.1 Å². The highest BCUT2D eigenvalue weighted by Crippen LogP contribution is 2.20. The van der Waals surface area contributed by atoms with Crippen molar-refractivity contribution >= 4 is 5.91 Å². The van der Waals surface area contributed by atoms with Crippen molar-refractivity contribution in [3.8, 4) is 0 Å². The van der Waals surface area contributed by atoms with Crippen LogP contribution in [0.4, 0.5) is 0 Å². The summed E-state index contributed by atoms with van der Waals surface area (Å²) in [4.78, 5) is 12.1. The molecule has 0 saturated heterocycles. The van der Waals surface area contributed by atoms with Gasteiger partial charge in [-0.1, -0.05) is 48.5 Å². The fourth-order valence-electron chi connectivity index (χ4n) is 2.38. The Balaban J connectivity index is 1.97. The molecule has 0 saturated carbocycles. The van der Waals surface area contributed by atoms with Gasteiger partial charge in [0.1, 0.15) is 0 Å². The molecule has 0 aliphatic heterocycles. The maximum Gasteiger partial charge on any atom is 0.251 e. The quantitative estimate of drug-likeness (QED) is 0.820. The minimum Gasteiger partial charge on any atom is -0.351 e. The van der Waals surface area contributed by atoms with Crippen molar-refractivity contribution in [3.05, 3.63) is 71.8 Å². The van der Waals surface area contributed by atoms with E-state index in [4.69, 9.17) is 5.73 Å². The third-order valence-corrected chi connectivity index (χ3v) is 3.57. The van der Waals surface area contributed by atoms with Gasteiger partial charge in [-0.05, 0) is 37.1 Å². The van der Waals surface area contributed by atoms with Gasteiger partial charge in [-0.3, -0.25) is 4.79 Å². The summed E-state index contributed by atoms with van der Waals surface area (Å²) >= 11 is 0. The van der Waals surface area contributed by atoms with E-state index in [0.717, 1.165) is 12.8 Å². The Kier molecular flexibility index (Phi) is 5.98. The molecule has 0 bridgehead atoms. The molecule has 0 heterocycles. The molecule has 1 unspecified atom stereocenters. The van der Waals surface area contributed by atoms with E-state index in [9.17, 15) is 4.79 Å².